The van der Waals surface area contributed by atoms with Gasteiger partial charge in [-0.3, -0.25) is 9.59 Å². The van der Waals surface area contributed by atoms with Gasteiger partial charge in [0.1, 0.15) is 11.3 Å². The van der Waals surface area contributed by atoms with Crippen molar-refractivity contribution >= 4 is 17.5 Å². The van der Waals surface area contributed by atoms with Gasteiger partial charge < -0.3 is 15.5 Å². The monoisotopic (exact) mass is 322 g/mol. The number of pyridine rings is 1. The maximum absolute atomic E-state index is 12.1. The number of nitrogens with two attached hydrogens (primary N) is 1. The summed E-state index contributed by atoms with van der Waals surface area (Å²) >= 11 is 0. The molecule has 0 aliphatic heterocycles. The third-order valence-electron chi connectivity index (χ3n) is 3.61. The van der Waals surface area contributed by atoms with E-state index in [0.717, 1.165) is 11.1 Å². The van der Waals surface area contributed by atoms with Gasteiger partial charge in [-0.2, -0.15) is 0 Å². The Morgan fingerprint density at radius 2 is 1.71 bits per heavy atom. The predicted molar refractivity (Wildman–Crippen MR) is 91.7 cm³/mol. The molecule has 0 saturated carbocycles. The minimum Gasteiger partial charge on any atom is -0.366 e. The number of benzene rings is 1. The molecule has 2 amide bonds. The molecule has 0 atom stereocenters. The lowest BCUT2D eigenvalue weighted by molar-refractivity contribution is 0.0937. The first kappa shape index (κ1) is 15.7. The fourth-order valence-electron chi connectivity index (χ4n) is 2.44. The summed E-state index contributed by atoms with van der Waals surface area (Å²) in [4.78, 5) is 27.5. The fraction of sp³-hybridized carbons (Fsp3) is 0.167. The Bertz CT molecular complexity index is 910. The van der Waals surface area contributed by atoms with Crippen LogP contribution in [0, 0.1) is 0 Å². The number of carbonyl (C=O) groups is 2. The predicted octanol–water partition coefficient (Wildman–Crippen LogP) is 2.24. The van der Waals surface area contributed by atoms with Crippen molar-refractivity contribution in [2.24, 2.45) is 5.73 Å². The van der Waals surface area contributed by atoms with Crippen LogP contribution in [0.5, 0.6) is 0 Å². The third-order valence-corrected chi connectivity index (χ3v) is 3.61. The van der Waals surface area contributed by atoms with Gasteiger partial charge in [0, 0.05) is 24.0 Å². The number of carbonyl (C=O) groups excluding carboxylic acids is 2. The SMILES string of the molecule is CC(C)NC(=O)c1cn2cc(-c3ccc(C(N)=O)cc3)ccc2n1. The normalized spacial score (nSPS) is 11.0. The number of amides is 2. The molecule has 0 bridgehead atoms. The van der Waals surface area contributed by atoms with Crippen LogP contribution in [0.1, 0.15) is 34.7 Å². The number of nitrogens with zero attached hydrogens (tertiary/aromatic N) is 2. The highest BCUT2D eigenvalue weighted by Crippen LogP contribution is 2.21. The topological polar surface area (TPSA) is 89.5 Å². The molecule has 0 aliphatic rings. The van der Waals surface area contributed by atoms with Crippen molar-refractivity contribution < 1.29 is 9.59 Å². The summed E-state index contributed by atoms with van der Waals surface area (Å²) in [6.07, 6.45) is 3.60. The Balaban J connectivity index is 1.93. The van der Waals surface area contributed by atoms with Crippen LogP contribution in [-0.2, 0) is 0 Å². The maximum Gasteiger partial charge on any atom is 0.271 e. The van der Waals surface area contributed by atoms with Gasteiger partial charge in [-0.05, 0) is 49.2 Å². The summed E-state index contributed by atoms with van der Waals surface area (Å²) in [5, 5.41) is 2.82. The number of nitrogens with one attached hydrogen (secondary N) is 1. The maximum atomic E-state index is 12.1. The summed E-state index contributed by atoms with van der Waals surface area (Å²) in [6.45, 7) is 3.81. The number of aromatic nitrogens is 2. The van der Waals surface area contributed by atoms with E-state index in [0.29, 0.717) is 16.9 Å². The number of primary amides is 1. The molecule has 0 aliphatic carbocycles. The Labute approximate surface area is 139 Å². The molecular formula is C18H18N4O2. The molecule has 2 aromatic heterocycles. The molecule has 6 heteroatoms. The van der Waals surface area contributed by atoms with Crippen LogP contribution in [0.4, 0.5) is 0 Å². The van der Waals surface area contributed by atoms with Crippen molar-refractivity contribution in [2.75, 3.05) is 0 Å². The number of imidazole rings is 1. The third kappa shape index (κ3) is 3.12. The van der Waals surface area contributed by atoms with E-state index in [4.69, 9.17) is 5.73 Å². The summed E-state index contributed by atoms with van der Waals surface area (Å²) in [5.41, 5.74) is 8.69. The fourth-order valence-corrected chi connectivity index (χ4v) is 2.44. The molecule has 0 fully saturated rings. The average molecular weight is 322 g/mol. The molecule has 6 nitrogen and oxygen atoms in total. The summed E-state index contributed by atoms with van der Waals surface area (Å²) < 4.78 is 1.81. The highest BCUT2D eigenvalue weighted by molar-refractivity contribution is 5.93. The molecule has 3 rings (SSSR count). The molecule has 3 N–H and O–H groups in total. The van der Waals surface area contributed by atoms with Gasteiger partial charge >= 0.3 is 0 Å². The highest BCUT2D eigenvalue weighted by atomic mass is 16.2. The lowest BCUT2D eigenvalue weighted by Crippen LogP contribution is -2.30. The molecule has 0 spiro atoms. The minimum absolute atomic E-state index is 0.0571. The second-order valence-corrected chi connectivity index (χ2v) is 5.88. The van der Waals surface area contributed by atoms with E-state index in [1.807, 2.05) is 48.7 Å². The standard InChI is InChI=1S/C18H18N4O2/c1-11(2)20-18(24)15-10-22-9-14(7-8-16(22)21-15)12-3-5-13(6-4-12)17(19)23/h3-11H,1-2H3,(H2,19,23)(H,20,24). The molecule has 0 saturated heterocycles. The van der Waals surface area contributed by atoms with E-state index < -0.39 is 5.91 Å². The van der Waals surface area contributed by atoms with Gasteiger partial charge in [0.05, 0.1) is 0 Å². The van der Waals surface area contributed by atoms with Gasteiger partial charge in [-0.15, -0.1) is 0 Å². The van der Waals surface area contributed by atoms with Crippen molar-refractivity contribution in [3.63, 3.8) is 0 Å². The van der Waals surface area contributed by atoms with Crippen LogP contribution in [0.3, 0.4) is 0 Å². The molecule has 122 valence electrons. The number of fused-ring (bicyclic) bond motifs is 1. The number of hydrogen-bond donors (Lipinski definition) is 2. The van der Waals surface area contributed by atoms with Crippen LogP contribution < -0.4 is 11.1 Å². The number of rotatable bonds is 4. The summed E-state index contributed by atoms with van der Waals surface area (Å²) in [7, 11) is 0. The van der Waals surface area contributed by atoms with Crippen LogP contribution in [0.15, 0.2) is 48.8 Å². The average Bonchev–Trinajstić information content (AvgIpc) is 2.97. The first-order chi connectivity index (χ1) is 11.4. The summed E-state index contributed by atoms with van der Waals surface area (Å²) in [5.74, 6) is -0.645. The van der Waals surface area contributed by atoms with Crippen LogP contribution >= 0.6 is 0 Å². The van der Waals surface area contributed by atoms with Gasteiger partial charge in [0.25, 0.3) is 5.91 Å². The molecule has 0 unspecified atom stereocenters. The Morgan fingerprint density at radius 3 is 2.33 bits per heavy atom. The van der Waals surface area contributed by atoms with Gasteiger partial charge in [-0.25, -0.2) is 4.98 Å². The Hall–Kier alpha value is -3.15. The quantitative estimate of drug-likeness (QED) is 0.772. The van der Waals surface area contributed by atoms with Crippen LogP contribution in [-0.4, -0.2) is 27.2 Å². The van der Waals surface area contributed by atoms with Crippen molar-refractivity contribution in [2.45, 2.75) is 19.9 Å². The zero-order valence-corrected chi connectivity index (χ0v) is 13.5. The van der Waals surface area contributed by atoms with E-state index in [9.17, 15) is 9.59 Å². The largest absolute Gasteiger partial charge is 0.366 e. The molecular weight excluding hydrogens is 304 g/mol. The smallest absolute Gasteiger partial charge is 0.271 e. The lowest BCUT2D eigenvalue weighted by atomic mass is 10.1. The molecule has 0 radical (unpaired) electrons. The van der Waals surface area contributed by atoms with Crippen molar-refractivity contribution in [1.82, 2.24) is 14.7 Å². The second kappa shape index (κ2) is 6.16. The van der Waals surface area contributed by atoms with E-state index in [1.54, 1.807) is 18.3 Å². The lowest BCUT2D eigenvalue weighted by Gasteiger charge is -2.04. The first-order valence-corrected chi connectivity index (χ1v) is 7.64. The molecule has 3 aromatic rings. The molecule has 1 aromatic carbocycles. The van der Waals surface area contributed by atoms with E-state index in [2.05, 4.69) is 10.3 Å². The van der Waals surface area contributed by atoms with Gasteiger partial charge in [0.2, 0.25) is 5.91 Å². The highest BCUT2D eigenvalue weighted by Gasteiger charge is 2.12. The van der Waals surface area contributed by atoms with Gasteiger partial charge in [-0.1, -0.05) is 12.1 Å². The zero-order valence-electron chi connectivity index (χ0n) is 13.5. The summed E-state index contributed by atoms with van der Waals surface area (Å²) in [6, 6.07) is 10.9. The van der Waals surface area contributed by atoms with Crippen molar-refractivity contribution in [1.29, 1.82) is 0 Å². The first-order valence-electron chi connectivity index (χ1n) is 7.64. The second-order valence-electron chi connectivity index (χ2n) is 5.88. The number of hydrogen-bond acceptors (Lipinski definition) is 3. The molecule has 2 heterocycles. The Kier molecular flexibility index (Phi) is 4.04. The van der Waals surface area contributed by atoms with Crippen LogP contribution in [0.25, 0.3) is 16.8 Å². The van der Waals surface area contributed by atoms with E-state index in [-0.39, 0.29) is 11.9 Å². The van der Waals surface area contributed by atoms with Crippen LogP contribution in [0.2, 0.25) is 0 Å². The zero-order chi connectivity index (χ0) is 17.3. The van der Waals surface area contributed by atoms with Gasteiger partial charge in [0.15, 0.2) is 0 Å². The molecule has 24 heavy (non-hydrogen) atoms. The minimum atomic E-state index is -0.451. The van der Waals surface area contributed by atoms with Crippen molar-refractivity contribution in [3.05, 3.63) is 60.0 Å². The van der Waals surface area contributed by atoms with Crippen molar-refractivity contribution in [3.8, 4) is 11.1 Å². The van der Waals surface area contributed by atoms with E-state index >= 15 is 0 Å². The van der Waals surface area contributed by atoms with E-state index in [1.165, 1.54) is 0 Å². The Morgan fingerprint density at radius 1 is 1.04 bits per heavy atom.